The Morgan fingerprint density at radius 1 is 1.05 bits per heavy atom. The molecule has 4 aliphatic carbocycles. The molecule has 4 saturated carbocycles. The number of carbonyl (C=O) groups is 2. The fourth-order valence-electron chi connectivity index (χ4n) is 6.20. The second-order valence-corrected chi connectivity index (χ2v) is 7.61. The summed E-state index contributed by atoms with van der Waals surface area (Å²) in [7, 11) is 0. The van der Waals surface area contributed by atoms with E-state index in [-0.39, 0.29) is 18.0 Å². The average Bonchev–Trinajstić information content (AvgIpc) is 3.15. The first-order valence-electron chi connectivity index (χ1n) is 8.06. The summed E-state index contributed by atoms with van der Waals surface area (Å²) >= 11 is 0. The third kappa shape index (κ3) is 1.74. The average molecular weight is 290 g/mol. The molecule has 4 heteroatoms. The van der Waals surface area contributed by atoms with Gasteiger partial charge in [0.15, 0.2) is 0 Å². The van der Waals surface area contributed by atoms with Gasteiger partial charge < -0.3 is 9.84 Å². The van der Waals surface area contributed by atoms with Gasteiger partial charge in [0.2, 0.25) is 0 Å². The van der Waals surface area contributed by atoms with Crippen molar-refractivity contribution in [1.82, 2.24) is 0 Å². The maximum Gasteiger partial charge on any atom is 0.333 e. The lowest BCUT2D eigenvalue weighted by atomic mass is 9.67. The van der Waals surface area contributed by atoms with Gasteiger partial charge in [-0.2, -0.15) is 0 Å². The first-order valence-corrected chi connectivity index (χ1v) is 8.06. The van der Waals surface area contributed by atoms with E-state index in [4.69, 9.17) is 4.74 Å². The van der Waals surface area contributed by atoms with Gasteiger partial charge in [0, 0.05) is 5.57 Å². The van der Waals surface area contributed by atoms with Crippen LogP contribution in [0.5, 0.6) is 0 Å². The molecule has 0 heterocycles. The molecule has 21 heavy (non-hydrogen) atoms. The van der Waals surface area contributed by atoms with E-state index in [0.29, 0.717) is 41.1 Å². The summed E-state index contributed by atoms with van der Waals surface area (Å²) in [6.07, 6.45) is 4.03. The molecule has 0 aromatic rings. The fraction of sp³-hybridized carbons (Fsp3) is 0.765. The summed E-state index contributed by atoms with van der Waals surface area (Å²) < 4.78 is 5.64. The molecular formula is C17H22O4. The fourth-order valence-corrected chi connectivity index (χ4v) is 6.20. The molecule has 0 aromatic heterocycles. The van der Waals surface area contributed by atoms with Gasteiger partial charge in [0.1, 0.15) is 6.10 Å². The van der Waals surface area contributed by atoms with Crippen molar-refractivity contribution in [2.45, 2.75) is 38.7 Å². The molecule has 4 aliphatic rings. The Balaban J connectivity index is 1.51. The monoisotopic (exact) mass is 290 g/mol. The number of hydrogen-bond donors (Lipinski definition) is 1. The quantitative estimate of drug-likeness (QED) is 0.493. The minimum Gasteiger partial charge on any atom is -0.481 e. The van der Waals surface area contributed by atoms with Crippen LogP contribution in [0, 0.1) is 41.4 Å². The minimum absolute atomic E-state index is 0.0445. The van der Waals surface area contributed by atoms with E-state index in [1.54, 1.807) is 6.92 Å². The topological polar surface area (TPSA) is 63.6 Å². The number of carboxylic acids is 1. The van der Waals surface area contributed by atoms with Crippen LogP contribution in [0.2, 0.25) is 0 Å². The molecule has 0 saturated heterocycles. The molecule has 4 rings (SSSR count). The predicted octanol–water partition coefficient (Wildman–Crippen LogP) is 2.49. The number of ether oxygens (including phenoxy) is 1. The first kappa shape index (κ1) is 13.4. The summed E-state index contributed by atoms with van der Waals surface area (Å²) in [6.45, 7) is 5.34. The maximum absolute atomic E-state index is 11.8. The third-order valence-corrected chi connectivity index (χ3v) is 6.68. The van der Waals surface area contributed by atoms with E-state index in [1.807, 2.05) is 0 Å². The van der Waals surface area contributed by atoms with Crippen molar-refractivity contribution in [1.29, 1.82) is 0 Å². The number of hydrogen-bond acceptors (Lipinski definition) is 3. The molecule has 0 amide bonds. The number of aliphatic carboxylic acids is 1. The smallest absolute Gasteiger partial charge is 0.333 e. The van der Waals surface area contributed by atoms with E-state index >= 15 is 0 Å². The molecule has 0 radical (unpaired) electrons. The molecule has 0 spiro atoms. The second-order valence-electron chi connectivity index (χ2n) is 7.61. The van der Waals surface area contributed by atoms with Crippen LogP contribution in [0.3, 0.4) is 0 Å². The van der Waals surface area contributed by atoms with Crippen molar-refractivity contribution < 1.29 is 19.4 Å². The van der Waals surface area contributed by atoms with Crippen LogP contribution in [0.4, 0.5) is 0 Å². The van der Waals surface area contributed by atoms with Gasteiger partial charge >= 0.3 is 11.9 Å². The highest BCUT2D eigenvalue weighted by molar-refractivity contribution is 5.87. The SMILES string of the molecule is C=C(C)C(=O)OC1CC2CC1C1C3CC(C(=O)O)C(C3)C21. The Kier molecular flexibility index (Phi) is 2.76. The summed E-state index contributed by atoms with van der Waals surface area (Å²) in [5.74, 6) is 2.15. The zero-order valence-electron chi connectivity index (χ0n) is 12.3. The molecule has 0 aliphatic heterocycles. The molecule has 8 atom stereocenters. The lowest BCUT2D eigenvalue weighted by Gasteiger charge is -2.40. The standard InChI is InChI=1S/C17H22O4/c1-7(2)17(20)21-13-6-9-5-12(13)15-8-3-10(14(9)15)11(4-8)16(18)19/h8-15H,1,3-6H2,2H3,(H,18,19). The van der Waals surface area contributed by atoms with Crippen molar-refractivity contribution in [2.75, 3.05) is 0 Å². The van der Waals surface area contributed by atoms with Gasteiger partial charge in [0.25, 0.3) is 0 Å². The largest absolute Gasteiger partial charge is 0.481 e. The minimum atomic E-state index is -0.603. The summed E-state index contributed by atoms with van der Waals surface area (Å²) in [6, 6.07) is 0. The van der Waals surface area contributed by atoms with Crippen LogP contribution < -0.4 is 0 Å². The Hall–Kier alpha value is -1.32. The van der Waals surface area contributed by atoms with Gasteiger partial charge in [0.05, 0.1) is 5.92 Å². The number of fused-ring (bicyclic) bond motifs is 9. The predicted molar refractivity (Wildman–Crippen MR) is 75.2 cm³/mol. The highest BCUT2D eigenvalue weighted by atomic mass is 16.5. The van der Waals surface area contributed by atoms with Crippen molar-refractivity contribution in [3.63, 3.8) is 0 Å². The molecule has 0 aromatic carbocycles. The first-order chi connectivity index (χ1) is 9.97. The molecule has 4 fully saturated rings. The normalized spacial score (nSPS) is 49.2. The highest BCUT2D eigenvalue weighted by Gasteiger charge is 2.66. The van der Waals surface area contributed by atoms with E-state index in [1.165, 1.54) is 0 Å². The molecule has 8 unspecified atom stereocenters. The van der Waals surface area contributed by atoms with Crippen LogP contribution in [0.1, 0.15) is 32.6 Å². The van der Waals surface area contributed by atoms with Gasteiger partial charge in [-0.25, -0.2) is 4.79 Å². The van der Waals surface area contributed by atoms with Gasteiger partial charge in [-0.05, 0) is 68.1 Å². The molecule has 1 N–H and O–H groups in total. The molecule has 114 valence electrons. The van der Waals surface area contributed by atoms with Crippen LogP contribution in [0.25, 0.3) is 0 Å². The number of carboxylic acid groups (broad SMARTS) is 1. The van der Waals surface area contributed by atoms with Crippen LogP contribution >= 0.6 is 0 Å². The lowest BCUT2D eigenvalue weighted by molar-refractivity contribution is -0.150. The maximum atomic E-state index is 11.8. The van der Waals surface area contributed by atoms with Gasteiger partial charge in [-0.3, -0.25) is 4.79 Å². The zero-order valence-corrected chi connectivity index (χ0v) is 12.3. The second kappa shape index (κ2) is 4.34. The molecule has 4 bridgehead atoms. The Morgan fingerprint density at radius 3 is 2.33 bits per heavy atom. The summed E-state index contributed by atoms with van der Waals surface area (Å²) in [4.78, 5) is 23.2. The van der Waals surface area contributed by atoms with Crippen molar-refractivity contribution >= 4 is 11.9 Å². The summed E-state index contributed by atoms with van der Waals surface area (Å²) in [5, 5.41) is 9.38. The zero-order chi connectivity index (χ0) is 14.9. The van der Waals surface area contributed by atoms with Crippen molar-refractivity contribution in [3.05, 3.63) is 12.2 Å². The van der Waals surface area contributed by atoms with Crippen LogP contribution in [0.15, 0.2) is 12.2 Å². The number of esters is 1. The van der Waals surface area contributed by atoms with Gasteiger partial charge in [-0.1, -0.05) is 6.58 Å². The lowest BCUT2D eigenvalue weighted by Crippen LogP contribution is -2.41. The van der Waals surface area contributed by atoms with E-state index in [9.17, 15) is 14.7 Å². The van der Waals surface area contributed by atoms with Crippen molar-refractivity contribution in [3.8, 4) is 0 Å². The van der Waals surface area contributed by atoms with Crippen LogP contribution in [-0.4, -0.2) is 23.1 Å². The summed E-state index contributed by atoms with van der Waals surface area (Å²) in [5.41, 5.74) is 0.466. The van der Waals surface area contributed by atoms with E-state index in [2.05, 4.69) is 6.58 Å². The Bertz CT molecular complexity index is 525. The Labute approximate surface area is 124 Å². The molecular weight excluding hydrogens is 268 g/mol. The highest BCUT2D eigenvalue weighted by Crippen LogP contribution is 2.69. The van der Waals surface area contributed by atoms with Gasteiger partial charge in [-0.15, -0.1) is 0 Å². The number of carbonyl (C=O) groups excluding carboxylic acids is 1. The van der Waals surface area contributed by atoms with Crippen molar-refractivity contribution in [2.24, 2.45) is 41.4 Å². The van der Waals surface area contributed by atoms with E-state index in [0.717, 1.165) is 25.7 Å². The van der Waals surface area contributed by atoms with E-state index < -0.39 is 5.97 Å². The third-order valence-electron chi connectivity index (χ3n) is 6.68. The molecule has 4 nitrogen and oxygen atoms in total. The van der Waals surface area contributed by atoms with Crippen LogP contribution in [-0.2, 0) is 14.3 Å². The number of rotatable bonds is 3. The Morgan fingerprint density at radius 2 is 1.67 bits per heavy atom.